The van der Waals surface area contributed by atoms with Crippen molar-refractivity contribution < 1.29 is 14.3 Å². The molecule has 27 heavy (non-hydrogen) atoms. The van der Waals surface area contributed by atoms with E-state index in [-0.39, 0.29) is 6.09 Å². The van der Waals surface area contributed by atoms with Crippen LogP contribution in [0.1, 0.15) is 46.5 Å². The van der Waals surface area contributed by atoms with Gasteiger partial charge in [-0.3, -0.25) is 0 Å². The Morgan fingerprint density at radius 3 is 2.63 bits per heavy atom. The lowest BCUT2D eigenvalue weighted by atomic mass is 9.90. The molecule has 2 unspecified atom stereocenters. The molecule has 1 saturated carbocycles. The number of likely N-dealkylation sites (tertiary alicyclic amines) is 1. The third-order valence-corrected chi connectivity index (χ3v) is 6.17. The number of aromatic nitrogens is 1. The Balaban J connectivity index is 1.33. The first-order valence-corrected chi connectivity index (χ1v) is 11.2. The molecule has 0 aromatic carbocycles. The highest BCUT2D eigenvalue weighted by Crippen LogP contribution is 2.49. The summed E-state index contributed by atoms with van der Waals surface area (Å²) >= 11 is 1.69. The Hall–Kier alpha value is -1.43. The summed E-state index contributed by atoms with van der Waals surface area (Å²) in [5, 5.41) is 0. The Kier molecular flexibility index (Phi) is 6.56. The summed E-state index contributed by atoms with van der Waals surface area (Å²) in [7, 11) is 0. The van der Waals surface area contributed by atoms with E-state index in [2.05, 4.69) is 4.98 Å². The molecule has 1 aliphatic carbocycles. The van der Waals surface area contributed by atoms with Crippen LogP contribution >= 0.6 is 11.8 Å². The first-order chi connectivity index (χ1) is 12.9. The van der Waals surface area contributed by atoms with E-state index in [0.717, 1.165) is 67.5 Å². The van der Waals surface area contributed by atoms with Crippen molar-refractivity contribution in [3.63, 3.8) is 0 Å². The Morgan fingerprint density at radius 2 is 2.04 bits per heavy atom. The average molecular weight is 393 g/mol. The van der Waals surface area contributed by atoms with E-state index in [9.17, 15) is 4.79 Å². The number of pyridine rings is 1. The number of ether oxygens (including phenoxy) is 2. The van der Waals surface area contributed by atoms with Gasteiger partial charge in [0, 0.05) is 30.2 Å². The van der Waals surface area contributed by atoms with Crippen LogP contribution in [0.3, 0.4) is 0 Å². The molecular weight excluding hydrogens is 360 g/mol. The Bertz CT molecular complexity index is 621. The number of piperidine rings is 1. The second-order valence-electron chi connectivity index (χ2n) is 8.64. The fourth-order valence-electron chi connectivity index (χ4n) is 3.90. The summed E-state index contributed by atoms with van der Waals surface area (Å²) in [5.41, 5.74) is -0.417. The van der Waals surface area contributed by atoms with Crippen LogP contribution in [0.5, 0.6) is 5.88 Å². The predicted molar refractivity (Wildman–Crippen MR) is 108 cm³/mol. The molecule has 2 aliphatic rings. The molecule has 1 saturated heterocycles. The molecule has 0 bridgehead atoms. The van der Waals surface area contributed by atoms with Crippen molar-refractivity contribution in [2.75, 3.05) is 26.0 Å². The third-order valence-electron chi connectivity index (χ3n) is 5.46. The lowest BCUT2D eigenvalue weighted by Gasteiger charge is -2.33. The molecule has 1 amide bonds. The highest BCUT2D eigenvalue weighted by Gasteiger charge is 2.43. The number of carbonyl (C=O) groups excluding carboxylic acids is 1. The molecule has 1 aromatic rings. The van der Waals surface area contributed by atoms with Gasteiger partial charge in [0.15, 0.2) is 0 Å². The standard InChI is InChI=1S/C21H32N2O3S/c1-21(2,3)26-20(24)23-10-7-15(8-11-23)18-13-16(18)9-12-25-19-6-5-17(27-4)14-22-19/h5-6,14-16,18H,7-13H2,1-4H3. The Labute approximate surface area is 167 Å². The molecule has 2 fully saturated rings. The largest absolute Gasteiger partial charge is 0.478 e. The average Bonchev–Trinajstić information content (AvgIpc) is 3.40. The quantitative estimate of drug-likeness (QED) is 0.647. The van der Waals surface area contributed by atoms with Crippen LogP contribution in [0.4, 0.5) is 4.79 Å². The first kappa shape index (κ1) is 20.3. The number of carbonyl (C=O) groups is 1. The van der Waals surface area contributed by atoms with E-state index in [1.165, 1.54) is 6.42 Å². The van der Waals surface area contributed by atoms with E-state index in [4.69, 9.17) is 9.47 Å². The smallest absolute Gasteiger partial charge is 0.410 e. The van der Waals surface area contributed by atoms with Crippen LogP contribution in [-0.4, -0.2) is 47.5 Å². The number of hydrogen-bond acceptors (Lipinski definition) is 5. The number of thioether (sulfide) groups is 1. The van der Waals surface area contributed by atoms with Gasteiger partial charge in [-0.15, -0.1) is 11.8 Å². The van der Waals surface area contributed by atoms with E-state index < -0.39 is 5.60 Å². The Morgan fingerprint density at radius 1 is 1.30 bits per heavy atom. The summed E-state index contributed by atoms with van der Waals surface area (Å²) in [6.07, 6.45) is 8.34. The third kappa shape index (κ3) is 6.03. The van der Waals surface area contributed by atoms with Gasteiger partial charge >= 0.3 is 6.09 Å². The molecule has 1 aromatic heterocycles. The van der Waals surface area contributed by atoms with E-state index in [0.29, 0.717) is 0 Å². The van der Waals surface area contributed by atoms with Crippen molar-refractivity contribution in [2.45, 2.75) is 57.0 Å². The fourth-order valence-corrected chi connectivity index (χ4v) is 4.27. The molecule has 0 radical (unpaired) electrons. The van der Waals surface area contributed by atoms with Gasteiger partial charge in [0.05, 0.1) is 6.61 Å². The van der Waals surface area contributed by atoms with Crippen molar-refractivity contribution in [2.24, 2.45) is 17.8 Å². The van der Waals surface area contributed by atoms with Crippen molar-refractivity contribution in [1.82, 2.24) is 9.88 Å². The van der Waals surface area contributed by atoms with Gasteiger partial charge in [0.1, 0.15) is 5.60 Å². The molecule has 0 N–H and O–H groups in total. The fraction of sp³-hybridized carbons (Fsp3) is 0.714. The van der Waals surface area contributed by atoms with Gasteiger partial charge in [0.2, 0.25) is 5.88 Å². The SMILES string of the molecule is CSc1ccc(OCCC2CC2C2CCN(C(=O)OC(C)(C)C)CC2)nc1. The van der Waals surface area contributed by atoms with Gasteiger partial charge in [-0.1, -0.05) is 0 Å². The summed E-state index contributed by atoms with van der Waals surface area (Å²) in [5.74, 6) is 3.04. The van der Waals surface area contributed by atoms with Gasteiger partial charge in [-0.25, -0.2) is 9.78 Å². The van der Waals surface area contributed by atoms with E-state index in [1.54, 1.807) is 11.8 Å². The van der Waals surface area contributed by atoms with Crippen LogP contribution < -0.4 is 4.74 Å². The van der Waals surface area contributed by atoms with Crippen LogP contribution in [0.15, 0.2) is 23.2 Å². The maximum Gasteiger partial charge on any atom is 0.410 e. The van der Waals surface area contributed by atoms with Gasteiger partial charge in [-0.2, -0.15) is 0 Å². The molecular formula is C21H32N2O3S. The highest BCUT2D eigenvalue weighted by molar-refractivity contribution is 7.98. The normalized spacial score (nSPS) is 23.2. The van der Waals surface area contributed by atoms with Gasteiger partial charge in [-0.05, 0) is 76.5 Å². The summed E-state index contributed by atoms with van der Waals surface area (Å²) in [6.45, 7) is 8.14. The summed E-state index contributed by atoms with van der Waals surface area (Å²) in [4.78, 5) is 19.5. The zero-order valence-corrected chi connectivity index (χ0v) is 17.8. The summed E-state index contributed by atoms with van der Waals surface area (Å²) < 4.78 is 11.3. The van der Waals surface area contributed by atoms with Crippen molar-refractivity contribution in [3.05, 3.63) is 18.3 Å². The maximum absolute atomic E-state index is 12.2. The lowest BCUT2D eigenvalue weighted by molar-refractivity contribution is 0.0174. The first-order valence-electron chi connectivity index (χ1n) is 9.96. The van der Waals surface area contributed by atoms with Crippen LogP contribution in [0.2, 0.25) is 0 Å². The number of amides is 1. The van der Waals surface area contributed by atoms with Crippen LogP contribution in [0, 0.1) is 17.8 Å². The van der Waals surface area contributed by atoms with Crippen molar-refractivity contribution >= 4 is 17.9 Å². The molecule has 2 atom stereocenters. The zero-order valence-electron chi connectivity index (χ0n) is 16.9. The van der Waals surface area contributed by atoms with Crippen LogP contribution in [-0.2, 0) is 4.74 Å². The number of nitrogens with zero attached hydrogens (tertiary/aromatic N) is 2. The monoisotopic (exact) mass is 392 g/mol. The molecule has 5 nitrogen and oxygen atoms in total. The van der Waals surface area contributed by atoms with E-state index >= 15 is 0 Å². The zero-order chi connectivity index (χ0) is 19.4. The molecule has 6 heteroatoms. The topological polar surface area (TPSA) is 51.7 Å². The molecule has 3 rings (SSSR count). The molecule has 150 valence electrons. The second-order valence-corrected chi connectivity index (χ2v) is 9.52. The van der Waals surface area contributed by atoms with E-state index in [1.807, 2.05) is 50.3 Å². The van der Waals surface area contributed by atoms with Gasteiger partial charge in [0.25, 0.3) is 0 Å². The molecule has 1 aliphatic heterocycles. The summed E-state index contributed by atoms with van der Waals surface area (Å²) in [6, 6.07) is 3.99. The minimum absolute atomic E-state index is 0.165. The molecule has 2 heterocycles. The highest BCUT2D eigenvalue weighted by atomic mass is 32.2. The minimum Gasteiger partial charge on any atom is -0.478 e. The van der Waals surface area contributed by atoms with Crippen LogP contribution in [0.25, 0.3) is 0 Å². The van der Waals surface area contributed by atoms with Crippen molar-refractivity contribution in [3.8, 4) is 5.88 Å². The predicted octanol–water partition coefficient (Wildman–Crippen LogP) is 4.86. The lowest BCUT2D eigenvalue weighted by Crippen LogP contribution is -2.42. The minimum atomic E-state index is -0.417. The van der Waals surface area contributed by atoms with Gasteiger partial charge < -0.3 is 14.4 Å². The maximum atomic E-state index is 12.2. The number of rotatable bonds is 6. The second kappa shape index (κ2) is 8.72. The molecule has 0 spiro atoms. The van der Waals surface area contributed by atoms with Crippen molar-refractivity contribution in [1.29, 1.82) is 0 Å². The number of hydrogen-bond donors (Lipinski definition) is 0.